The predicted octanol–water partition coefficient (Wildman–Crippen LogP) is 3.04. The number of rotatable bonds is 5. The average molecular weight is 266 g/mol. The summed E-state index contributed by atoms with van der Waals surface area (Å²) in [6.45, 7) is 2.90. The monoisotopic (exact) mass is 266 g/mol. The molecule has 0 bridgehead atoms. The number of likely N-dealkylation sites (N-methyl/N-ethyl adjacent to an activating group) is 1. The van der Waals surface area contributed by atoms with Gasteiger partial charge in [-0.05, 0) is 32.9 Å². The number of hydrogen-bond acceptors (Lipinski definition) is 2. The Hall–Kier alpha value is -0.290. The molecule has 0 heterocycles. The highest BCUT2D eigenvalue weighted by Gasteiger charge is 2.36. The standard InChI is InChI=1S/C13H25F3N2/c1-11-5-4-6-12(9-11,18(2)3)10-17-8-7-13(14,15)16/h11,17H,4-10H2,1-3H3. The number of nitrogens with zero attached hydrogens (tertiary/aromatic N) is 1. The molecular formula is C13H25F3N2. The van der Waals surface area contributed by atoms with Gasteiger partial charge in [0.25, 0.3) is 0 Å². The molecule has 0 spiro atoms. The van der Waals surface area contributed by atoms with E-state index in [1.807, 2.05) is 14.1 Å². The summed E-state index contributed by atoms with van der Waals surface area (Å²) < 4.78 is 36.3. The Morgan fingerprint density at radius 3 is 2.50 bits per heavy atom. The first kappa shape index (κ1) is 15.8. The lowest BCUT2D eigenvalue weighted by Gasteiger charge is -2.45. The Bertz CT molecular complexity index is 253. The molecule has 108 valence electrons. The van der Waals surface area contributed by atoms with E-state index in [-0.39, 0.29) is 12.1 Å². The molecule has 0 amide bonds. The number of nitrogens with one attached hydrogen (secondary N) is 1. The fraction of sp³-hybridized carbons (Fsp3) is 1.00. The molecule has 1 saturated carbocycles. The van der Waals surface area contributed by atoms with Crippen molar-refractivity contribution in [3.8, 4) is 0 Å². The molecule has 2 atom stereocenters. The van der Waals surface area contributed by atoms with Gasteiger partial charge in [0, 0.05) is 18.6 Å². The maximum Gasteiger partial charge on any atom is 0.390 e. The van der Waals surface area contributed by atoms with Crippen LogP contribution in [0.1, 0.15) is 39.0 Å². The Morgan fingerprint density at radius 2 is 2.00 bits per heavy atom. The molecule has 2 nitrogen and oxygen atoms in total. The normalized spacial score (nSPS) is 29.8. The molecular weight excluding hydrogens is 241 g/mol. The smallest absolute Gasteiger partial charge is 0.315 e. The second-order valence-corrected chi connectivity index (χ2v) is 5.86. The molecule has 1 N–H and O–H groups in total. The van der Waals surface area contributed by atoms with Gasteiger partial charge in [-0.15, -0.1) is 0 Å². The summed E-state index contributed by atoms with van der Waals surface area (Å²) in [5.41, 5.74) is 0.0310. The Balaban J connectivity index is 2.43. The van der Waals surface area contributed by atoms with Gasteiger partial charge < -0.3 is 10.2 Å². The summed E-state index contributed by atoms with van der Waals surface area (Å²) in [5, 5.41) is 2.99. The average Bonchev–Trinajstić information content (AvgIpc) is 2.23. The van der Waals surface area contributed by atoms with E-state index in [0.29, 0.717) is 12.5 Å². The number of halogens is 3. The third kappa shape index (κ3) is 4.76. The molecule has 1 fully saturated rings. The summed E-state index contributed by atoms with van der Waals surface area (Å²) in [4.78, 5) is 2.18. The molecule has 0 aromatic carbocycles. The summed E-state index contributed by atoms with van der Waals surface area (Å²) >= 11 is 0. The lowest BCUT2D eigenvalue weighted by atomic mass is 9.75. The van der Waals surface area contributed by atoms with E-state index in [2.05, 4.69) is 17.1 Å². The fourth-order valence-electron chi connectivity index (χ4n) is 2.91. The molecule has 0 aromatic heterocycles. The van der Waals surface area contributed by atoms with Crippen molar-refractivity contribution in [2.75, 3.05) is 27.2 Å². The highest BCUT2D eigenvalue weighted by Crippen LogP contribution is 2.35. The van der Waals surface area contributed by atoms with Crippen LogP contribution in [0.4, 0.5) is 13.2 Å². The van der Waals surface area contributed by atoms with Gasteiger partial charge in [0.1, 0.15) is 0 Å². The van der Waals surface area contributed by atoms with E-state index >= 15 is 0 Å². The van der Waals surface area contributed by atoms with Crippen molar-refractivity contribution >= 4 is 0 Å². The third-order valence-corrected chi connectivity index (χ3v) is 4.06. The molecule has 1 rings (SSSR count). The van der Waals surface area contributed by atoms with Crippen molar-refractivity contribution in [1.82, 2.24) is 10.2 Å². The van der Waals surface area contributed by atoms with Crippen LogP contribution in [-0.4, -0.2) is 43.8 Å². The summed E-state index contributed by atoms with van der Waals surface area (Å²) in [5.74, 6) is 0.658. The van der Waals surface area contributed by atoms with Gasteiger partial charge in [-0.25, -0.2) is 0 Å². The molecule has 2 unspecified atom stereocenters. The predicted molar refractivity (Wildman–Crippen MR) is 67.6 cm³/mol. The lowest BCUT2D eigenvalue weighted by Crippen LogP contribution is -2.54. The van der Waals surface area contributed by atoms with Crippen LogP contribution >= 0.6 is 0 Å². The molecule has 0 aliphatic heterocycles. The van der Waals surface area contributed by atoms with Crippen LogP contribution in [0, 0.1) is 5.92 Å². The summed E-state index contributed by atoms with van der Waals surface area (Å²) in [6, 6.07) is 0. The number of alkyl halides is 3. The van der Waals surface area contributed by atoms with Crippen molar-refractivity contribution < 1.29 is 13.2 Å². The zero-order valence-electron chi connectivity index (χ0n) is 11.6. The van der Waals surface area contributed by atoms with Crippen molar-refractivity contribution in [3.05, 3.63) is 0 Å². The van der Waals surface area contributed by atoms with E-state index in [1.165, 1.54) is 12.8 Å². The summed E-state index contributed by atoms with van der Waals surface area (Å²) in [7, 11) is 4.06. The first-order valence-electron chi connectivity index (χ1n) is 6.70. The largest absolute Gasteiger partial charge is 0.390 e. The van der Waals surface area contributed by atoms with Gasteiger partial charge >= 0.3 is 6.18 Å². The van der Waals surface area contributed by atoms with Gasteiger partial charge in [-0.1, -0.05) is 19.8 Å². The Kier molecular flexibility index (Phi) is 5.46. The lowest BCUT2D eigenvalue weighted by molar-refractivity contribution is -0.133. The highest BCUT2D eigenvalue weighted by molar-refractivity contribution is 4.94. The molecule has 1 aliphatic rings. The first-order chi connectivity index (χ1) is 8.25. The minimum absolute atomic E-state index is 0.0213. The van der Waals surface area contributed by atoms with Crippen LogP contribution in [0.2, 0.25) is 0 Å². The van der Waals surface area contributed by atoms with Gasteiger partial charge in [0.05, 0.1) is 6.42 Å². The van der Waals surface area contributed by atoms with Gasteiger partial charge in [-0.2, -0.15) is 13.2 Å². The van der Waals surface area contributed by atoms with E-state index in [4.69, 9.17) is 0 Å². The van der Waals surface area contributed by atoms with E-state index < -0.39 is 12.6 Å². The van der Waals surface area contributed by atoms with Crippen LogP contribution in [0.5, 0.6) is 0 Å². The second-order valence-electron chi connectivity index (χ2n) is 5.86. The molecule has 0 aromatic rings. The Morgan fingerprint density at radius 1 is 1.33 bits per heavy atom. The maximum atomic E-state index is 12.1. The number of hydrogen-bond donors (Lipinski definition) is 1. The second kappa shape index (κ2) is 6.24. The van der Waals surface area contributed by atoms with Crippen LogP contribution in [0.15, 0.2) is 0 Å². The van der Waals surface area contributed by atoms with Crippen LogP contribution in [-0.2, 0) is 0 Å². The molecule has 1 aliphatic carbocycles. The quantitative estimate of drug-likeness (QED) is 0.769. The van der Waals surface area contributed by atoms with Crippen molar-refractivity contribution in [1.29, 1.82) is 0 Å². The van der Waals surface area contributed by atoms with E-state index in [1.54, 1.807) is 0 Å². The maximum absolute atomic E-state index is 12.1. The SMILES string of the molecule is CC1CCCC(CNCCC(F)(F)F)(N(C)C)C1. The topological polar surface area (TPSA) is 15.3 Å². The van der Waals surface area contributed by atoms with Crippen molar-refractivity contribution in [2.24, 2.45) is 5.92 Å². The van der Waals surface area contributed by atoms with Gasteiger partial charge in [0.15, 0.2) is 0 Å². The minimum atomic E-state index is -4.06. The molecule has 0 radical (unpaired) electrons. The molecule has 5 heteroatoms. The fourth-order valence-corrected chi connectivity index (χ4v) is 2.91. The Labute approximate surface area is 108 Å². The van der Waals surface area contributed by atoms with Crippen LogP contribution in [0.3, 0.4) is 0 Å². The molecule has 18 heavy (non-hydrogen) atoms. The van der Waals surface area contributed by atoms with E-state index in [9.17, 15) is 13.2 Å². The zero-order valence-corrected chi connectivity index (χ0v) is 11.6. The zero-order chi connectivity index (χ0) is 13.8. The van der Waals surface area contributed by atoms with Gasteiger partial charge in [0.2, 0.25) is 0 Å². The van der Waals surface area contributed by atoms with Crippen LogP contribution in [0.25, 0.3) is 0 Å². The minimum Gasteiger partial charge on any atom is -0.315 e. The summed E-state index contributed by atoms with van der Waals surface area (Å²) in [6.07, 6.45) is -0.259. The van der Waals surface area contributed by atoms with Crippen molar-refractivity contribution in [3.63, 3.8) is 0 Å². The van der Waals surface area contributed by atoms with Crippen LogP contribution < -0.4 is 5.32 Å². The third-order valence-electron chi connectivity index (χ3n) is 4.06. The van der Waals surface area contributed by atoms with Gasteiger partial charge in [-0.3, -0.25) is 0 Å². The van der Waals surface area contributed by atoms with Crippen molar-refractivity contribution in [2.45, 2.75) is 50.7 Å². The molecule has 0 saturated heterocycles. The van der Waals surface area contributed by atoms with E-state index in [0.717, 1.165) is 12.8 Å². The first-order valence-corrected chi connectivity index (χ1v) is 6.70. The highest BCUT2D eigenvalue weighted by atomic mass is 19.4.